The number of furan rings is 1. The molecule has 26 atom stereocenters. The SMILES string of the molecule is C[C@@H]1[C@@H]([C@H]2C=C3C[C@H]4CCC[C@]45C[C@@H]4C[C@@]6(C)[C@H](c7ccoc7C[C@@H]([C@H]7CC[C@H]8[C@H](C=CN9CNC[C@@H]89)C7)[C@H](O)CO)OC(=O)[C@H]7O[C@]76[C@]6(C7CCCCC7)[C@H](O)C(=O)[C@@H]7[C@@]2(C)O[C@]32[C@H]5C(=O)OC[C@@]72[C@@H]46)C=C[C@@H]2CCC[C@@H]12. The van der Waals surface area contributed by atoms with E-state index in [9.17, 15) is 15.3 Å². The van der Waals surface area contributed by atoms with Gasteiger partial charge in [0.1, 0.15) is 35.8 Å². The molecule has 7 aliphatic heterocycles. The van der Waals surface area contributed by atoms with E-state index in [1.807, 2.05) is 6.07 Å². The minimum Gasteiger partial charge on any atom is -0.469 e. The molecule has 9 aliphatic carbocycles. The molecule has 78 heavy (non-hydrogen) atoms. The first-order valence-corrected chi connectivity index (χ1v) is 31.6. The molecule has 13 heteroatoms. The van der Waals surface area contributed by atoms with E-state index >= 15 is 14.4 Å². The first-order valence-electron chi connectivity index (χ1n) is 31.6. The molecule has 8 heterocycles. The summed E-state index contributed by atoms with van der Waals surface area (Å²) in [4.78, 5) is 50.4. The van der Waals surface area contributed by atoms with Crippen molar-refractivity contribution in [3.63, 3.8) is 0 Å². The highest BCUT2D eigenvalue weighted by Crippen LogP contribution is 2.90. The summed E-state index contributed by atoms with van der Waals surface area (Å²) in [5.74, 6) is 0.309. The molecule has 0 amide bonds. The van der Waals surface area contributed by atoms with Gasteiger partial charge in [0, 0.05) is 41.3 Å². The van der Waals surface area contributed by atoms with Crippen molar-refractivity contribution in [1.82, 2.24) is 10.2 Å². The van der Waals surface area contributed by atoms with Gasteiger partial charge in [0.15, 0.2) is 11.9 Å². The van der Waals surface area contributed by atoms with Gasteiger partial charge in [0.25, 0.3) is 0 Å². The van der Waals surface area contributed by atoms with Crippen molar-refractivity contribution in [2.45, 2.75) is 184 Å². The molecule has 4 N–H and O–H groups in total. The molecular formula is C65H84N2O11. The van der Waals surface area contributed by atoms with E-state index in [0.29, 0.717) is 54.2 Å². The number of nitrogens with one attached hydrogen (secondary N) is 1. The monoisotopic (exact) mass is 1070 g/mol. The van der Waals surface area contributed by atoms with Crippen LogP contribution in [0.4, 0.5) is 0 Å². The van der Waals surface area contributed by atoms with Crippen LogP contribution < -0.4 is 5.32 Å². The molecule has 16 aliphatic rings. The predicted molar refractivity (Wildman–Crippen MR) is 283 cm³/mol. The normalized spacial score (nSPS) is 55.1. The van der Waals surface area contributed by atoms with E-state index in [1.54, 1.807) is 6.26 Å². The van der Waals surface area contributed by atoms with Crippen LogP contribution in [0, 0.1) is 110 Å². The predicted octanol–water partition coefficient (Wildman–Crippen LogP) is 8.16. The number of allylic oxidation sites excluding steroid dienone is 3. The highest BCUT2D eigenvalue weighted by Gasteiger charge is 2.98. The minimum absolute atomic E-state index is 0.0579. The highest BCUT2D eigenvalue weighted by molar-refractivity contribution is 5.94. The van der Waals surface area contributed by atoms with E-state index in [1.165, 1.54) is 24.8 Å². The Bertz CT molecular complexity index is 2840. The number of hydrogen-bond acceptors (Lipinski definition) is 13. The number of ketones is 1. The lowest BCUT2D eigenvalue weighted by Crippen LogP contribution is -2.82. The van der Waals surface area contributed by atoms with Crippen molar-refractivity contribution in [2.24, 2.45) is 110 Å². The minimum atomic E-state index is -1.46. The van der Waals surface area contributed by atoms with Crippen molar-refractivity contribution < 1.29 is 53.1 Å². The number of aliphatic hydroxyl groups excluding tert-OH is 3. The Kier molecular flexibility index (Phi) is 10.3. The number of fused-ring (bicyclic) bond motifs is 6. The number of rotatable bonds is 8. The topological polar surface area (TPSA) is 181 Å². The molecule has 5 bridgehead atoms. The fourth-order valence-electron chi connectivity index (χ4n) is 25.6. The summed E-state index contributed by atoms with van der Waals surface area (Å²) >= 11 is 0. The van der Waals surface area contributed by atoms with Crippen LogP contribution in [0.1, 0.15) is 147 Å². The summed E-state index contributed by atoms with van der Waals surface area (Å²) in [7, 11) is 0. The van der Waals surface area contributed by atoms with E-state index < -0.39 is 80.7 Å². The maximum atomic E-state index is 17.1. The largest absolute Gasteiger partial charge is 0.469 e. The van der Waals surface area contributed by atoms with Gasteiger partial charge in [-0.1, -0.05) is 70.3 Å². The van der Waals surface area contributed by atoms with Crippen molar-refractivity contribution in [3.8, 4) is 0 Å². The number of ether oxygens (including phenoxy) is 4. The van der Waals surface area contributed by atoms with Crippen molar-refractivity contribution in [1.29, 1.82) is 0 Å². The zero-order chi connectivity index (χ0) is 52.8. The number of epoxide rings is 1. The smallest absolute Gasteiger partial charge is 0.339 e. The Morgan fingerprint density at radius 2 is 1.73 bits per heavy atom. The first-order chi connectivity index (χ1) is 37.7. The van der Waals surface area contributed by atoms with Gasteiger partial charge in [-0.25, -0.2) is 4.79 Å². The molecule has 0 unspecified atom stereocenters. The molecule has 420 valence electrons. The van der Waals surface area contributed by atoms with E-state index in [0.717, 1.165) is 102 Å². The van der Waals surface area contributed by atoms with Crippen LogP contribution in [0.15, 0.2) is 52.8 Å². The molecule has 1 aromatic heterocycles. The van der Waals surface area contributed by atoms with Gasteiger partial charge in [0.05, 0.1) is 48.5 Å². The van der Waals surface area contributed by atoms with Crippen LogP contribution in [-0.2, 0) is 39.8 Å². The van der Waals surface area contributed by atoms with Crippen LogP contribution in [0.5, 0.6) is 0 Å². The lowest BCUT2D eigenvalue weighted by atomic mass is 9.30. The number of aliphatic hydroxyl groups is 3. The lowest BCUT2D eigenvalue weighted by molar-refractivity contribution is -0.300. The Labute approximate surface area is 459 Å². The molecule has 5 saturated heterocycles. The average Bonchev–Trinajstić information content (AvgIpc) is 2.49. The third-order valence-electron chi connectivity index (χ3n) is 27.9. The van der Waals surface area contributed by atoms with Crippen LogP contribution >= 0.6 is 0 Å². The molecule has 13 fully saturated rings. The average molecular weight is 1070 g/mol. The Hall–Kier alpha value is -3.33. The molecular weight excluding hydrogens is 985 g/mol. The highest BCUT2D eigenvalue weighted by atomic mass is 16.7. The summed E-state index contributed by atoms with van der Waals surface area (Å²) in [6.07, 6.45) is 26.1. The first kappa shape index (κ1) is 49.3. The van der Waals surface area contributed by atoms with E-state index in [2.05, 4.69) is 61.5 Å². The Balaban J connectivity index is 0.836. The summed E-state index contributed by atoms with van der Waals surface area (Å²) in [6.45, 7) is 8.45. The van der Waals surface area contributed by atoms with Gasteiger partial charge < -0.3 is 43.6 Å². The van der Waals surface area contributed by atoms with Gasteiger partial charge in [-0.3, -0.25) is 14.9 Å². The van der Waals surface area contributed by atoms with Crippen LogP contribution in [0.2, 0.25) is 0 Å². The maximum absolute atomic E-state index is 17.1. The number of hydrogen-bond donors (Lipinski definition) is 4. The second-order valence-corrected chi connectivity index (χ2v) is 29.9. The third kappa shape index (κ3) is 5.49. The molecule has 8 saturated carbocycles. The fourth-order valence-corrected chi connectivity index (χ4v) is 25.6. The van der Waals surface area contributed by atoms with Gasteiger partial charge in [-0.15, -0.1) is 0 Å². The third-order valence-corrected chi connectivity index (χ3v) is 27.9. The van der Waals surface area contributed by atoms with E-state index in [4.69, 9.17) is 23.4 Å². The molecule has 4 spiro atoms. The number of nitrogens with zero attached hydrogens (tertiary/aromatic N) is 1. The summed E-state index contributed by atoms with van der Waals surface area (Å²) in [5, 5.41) is 40.5. The van der Waals surface area contributed by atoms with Crippen molar-refractivity contribution >= 4 is 17.7 Å². The molecule has 0 radical (unpaired) electrons. The van der Waals surface area contributed by atoms with Crippen LogP contribution in [0.25, 0.3) is 0 Å². The summed E-state index contributed by atoms with van der Waals surface area (Å²) in [5.41, 5.74) is -5.12. The number of carbonyl (C=O) groups is 3. The van der Waals surface area contributed by atoms with Crippen LogP contribution in [-0.4, -0.2) is 106 Å². The number of esters is 2. The number of cyclic esters (lactones) is 2. The Morgan fingerprint density at radius 3 is 2.58 bits per heavy atom. The molecule has 0 aromatic carbocycles. The zero-order valence-corrected chi connectivity index (χ0v) is 46.2. The fraction of sp³-hybridized carbons (Fsp3) is 0.800. The Morgan fingerprint density at radius 1 is 0.885 bits per heavy atom. The number of carbonyl (C=O) groups excluding carboxylic acids is 3. The standard InChI is InChI=1S/C65H84N2O11/c1-33-41-13-7-9-34(41)14-16-42(33)46-25-40-24-39-12-8-20-61(39)28-37-27-59(2)55(44-19-22-74-49(44)26-45(48(69)30-68)35-15-17-43-36(23-35)18-21-67-32-66-29-47(43)67)76-58(73)56-65(59,77-56)63(38-10-5-4-6-11-38)51(37)62-31-75-57(72)53(61)64(40,62)78-60(46,3)52(62)50(70)54(63)71/h14,16,18-19,21-22,25,33-39,41-43,45-48,51-56,66,68-69,71H,4-13,15,17,20,23-24,26-32H2,1-3H3/t33-,34-,35-,36+,37-,39+,41-,42-,43-,45-,46+,47-,48+,51+,52+,53-,54+,55-,56+,59-,60-,61-,62+,63-,64-,65+/m0/s1. The summed E-state index contributed by atoms with van der Waals surface area (Å²) < 4.78 is 36.2. The van der Waals surface area contributed by atoms with Gasteiger partial charge in [0.2, 0.25) is 0 Å². The second kappa shape index (κ2) is 16.3. The summed E-state index contributed by atoms with van der Waals surface area (Å²) in [6, 6.07) is 2.43. The van der Waals surface area contributed by atoms with Crippen molar-refractivity contribution in [2.75, 3.05) is 26.4 Å². The quantitative estimate of drug-likeness (QED) is 0.111. The van der Waals surface area contributed by atoms with Gasteiger partial charge in [-0.05, 0) is 178 Å². The van der Waals surface area contributed by atoms with Gasteiger partial charge in [-0.2, -0.15) is 0 Å². The molecule has 1 aromatic rings. The zero-order valence-electron chi connectivity index (χ0n) is 46.2. The maximum Gasteiger partial charge on any atom is 0.339 e. The molecule has 13 nitrogen and oxygen atoms in total. The number of Topliss-reactive ketones (excluding diaryl/α,β-unsaturated/α-hetero) is 1. The molecule has 17 rings (SSSR count). The second-order valence-electron chi connectivity index (χ2n) is 29.9. The van der Waals surface area contributed by atoms with Gasteiger partial charge >= 0.3 is 11.9 Å². The van der Waals surface area contributed by atoms with E-state index in [-0.39, 0.29) is 72.3 Å². The van der Waals surface area contributed by atoms with Crippen LogP contribution in [0.3, 0.4) is 0 Å². The lowest BCUT2D eigenvalue weighted by Gasteiger charge is -2.72. The van der Waals surface area contributed by atoms with Crippen molar-refractivity contribution in [3.05, 3.63) is 59.7 Å².